The van der Waals surface area contributed by atoms with E-state index in [4.69, 9.17) is 5.26 Å². The highest BCUT2D eigenvalue weighted by Gasteiger charge is 2.13. The van der Waals surface area contributed by atoms with Gasteiger partial charge in [-0.1, -0.05) is 42.0 Å². The third-order valence-electron chi connectivity index (χ3n) is 4.49. The summed E-state index contributed by atoms with van der Waals surface area (Å²) in [7, 11) is 0. The number of benzene rings is 3. The molecule has 0 unspecified atom stereocenters. The minimum Gasteiger partial charge on any atom is -0.376 e. The highest BCUT2D eigenvalue weighted by Crippen LogP contribution is 2.16. The lowest BCUT2D eigenvalue weighted by Crippen LogP contribution is -2.26. The van der Waals surface area contributed by atoms with Gasteiger partial charge in [0.15, 0.2) is 0 Å². The van der Waals surface area contributed by atoms with Crippen molar-refractivity contribution in [3.05, 3.63) is 95.1 Å². The average molecular weight is 398 g/mol. The summed E-state index contributed by atoms with van der Waals surface area (Å²) in [5.41, 5.74) is 4.29. The Morgan fingerprint density at radius 1 is 0.933 bits per heavy atom. The molecule has 0 aliphatic heterocycles. The van der Waals surface area contributed by atoms with Gasteiger partial charge in [0.25, 0.3) is 5.91 Å². The number of para-hydroxylation sites is 1. The fourth-order valence-corrected chi connectivity index (χ4v) is 2.81. The van der Waals surface area contributed by atoms with E-state index in [-0.39, 0.29) is 18.4 Å². The van der Waals surface area contributed by atoms with Crippen LogP contribution in [0.15, 0.2) is 72.8 Å². The van der Waals surface area contributed by atoms with Crippen LogP contribution in [0.1, 0.15) is 27.0 Å². The molecule has 0 bridgehead atoms. The van der Waals surface area contributed by atoms with Gasteiger partial charge in [0, 0.05) is 12.2 Å². The summed E-state index contributed by atoms with van der Waals surface area (Å²) in [6.07, 6.45) is 0. The molecule has 3 aromatic carbocycles. The number of aryl methyl sites for hydroxylation is 1. The lowest BCUT2D eigenvalue weighted by atomic mass is 10.1. The van der Waals surface area contributed by atoms with Crippen LogP contribution in [-0.4, -0.2) is 18.4 Å². The number of hydrogen-bond acceptors (Lipinski definition) is 4. The van der Waals surface area contributed by atoms with Crippen LogP contribution in [0, 0.1) is 18.3 Å². The number of carbonyl (C=O) groups excluding carboxylic acids is 2. The topological polar surface area (TPSA) is 94.0 Å². The fraction of sp³-hybridized carbons (Fsp3) is 0.125. The molecule has 3 aromatic rings. The van der Waals surface area contributed by atoms with Crippen molar-refractivity contribution in [2.45, 2.75) is 13.5 Å². The van der Waals surface area contributed by atoms with Crippen molar-refractivity contribution in [3.8, 4) is 6.07 Å². The molecule has 2 amide bonds. The number of carbonyl (C=O) groups is 2. The van der Waals surface area contributed by atoms with Crippen molar-refractivity contribution in [2.24, 2.45) is 0 Å². The Morgan fingerprint density at radius 2 is 1.63 bits per heavy atom. The molecule has 0 saturated carbocycles. The highest BCUT2D eigenvalue weighted by molar-refractivity contribution is 6.04. The molecule has 0 radical (unpaired) electrons. The van der Waals surface area contributed by atoms with Gasteiger partial charge >= 0.3 is 0 Å². The molecule has 0 heterocycles. The first kappa shape index (κ1) is 20.6. The molecular weight excluding hydrogens is 376 g/mol. The van der Waals surface area contributed by atoms with Gasteiger partial charge in [-0.15, -0.1) is 0 Å². The van der Waals surface area contributed by atoms with E-state index in [9.17, 15) is 9.59 Å². The van der Waals surface area contributed by atoms with Crippen LogP contribution in [0.5, 0.6) is 0 Å². The molecule has 0 aliphatic carbocycles. The van der Waals surface area contributed by atoms with Gasteiger partial charge < -0.3 is 16.0 Å². The van der Waals surface area contributed by atoms with Crippen molar-refractivity contribution >= 4 is 23.2 Å². The van der Waals surface area contributed by atoms with E-state index >= 15 is 0 Å². The lowest BCUT2D eigenvalue weighted by molar-refractivity contribution is -0.114. The molecule has 0 aliphatic rings. The van der Waals surface area contributed by atoms with Gasteiger partial charge in [0.05, 0.1) is 29.4 Å². The predicted molar refractivity (Wildman–Crippen MR) is 117 cm³/mol. The van der Waals surface area contributed by atoms with Crippen LogP contribution in [-0.2, 0) is 11.3 Å². The molecule has 150 valence electrons. The second kappa shape index (κ2) is 9.89. The van der Waals surface area contributed by atoms with E-state index in [0.717, 1.165) is 16.8 Å². The summed E-state index contributed by atoms with van der Waals surface area (Å²) in [6.45, 7) is 2.45. The SMILES string of the molecule is Cc1ccc(CNC(=O)c2ccccc2NC(=O)CNc2ccc(C#N)cc2)cc1. The second-order valence-corrected chi connectivity index (χ2v) is 6.80. The van der Waals surface area contributed by atoms with Crippen LogP contribution in [0.2, 0.25) is 0 Å². The Hall–Kier alpha value is -4.11. The number of nitrogens with one attached hydrogen (secondary N) is 3. The quantitative estimate of drug-likeness (QED) is 0.563. The predicted octanol–water partition coefficient (Wildman–Crippen LogP) is 3.85. The van der Waals surface area contributed by atoms with E-state index in [0.29, 0.717) is 23.4 Å². The summed E-state index contributed by atoms with van der Waals surface area (Å²) in [5, 5.41) is 17.5. The first-order valence-electron chi connectivity index (χ1n) is 9.52. The molecule has 0 spiro atoms. The number of nitriles is 1. The molecular formula is C24H22N4O2. The van der Waals surface area contributed by atoms with Crippen molar-refractivity contribution in [3.63, 3.8) is 0 Å². The summed E-state index contributed by atoms with van der Waals surface area (Å²) >= 11 is 0. The zero-order chi connectivity index (χ0) is 21.3. The highest BCUT2D eigenvalue weighted by atomic mass is 16.2. The molecule has 6 heteroatoms. The van der Waals surface area contributed by atoms with Gasteiger partial charge in [-0.2, -0.15) is 5.26 Å². The Bertz CT molecular complexity index is 1070. The van der Waals surface area contributed by atoms with Gasteiger partial charge in [-0.3, -0.25) is 9.59 Å². The molecule has 0 atom stereocenters. The van der Waals surface area contributed by atoms with E-state index in [1.54, 1.807) is 48.5 Å². The van der Waals surface area contributed by atoms with Gasteiger partial charge in [-0.05, 0) is 48.9 Å². The molecule has 30 heavy (non-hydrogen) atoms. The number of nitrogens with zero attached hydrogens (tertiary/aromatic N) is 1. The van der Waals surface area contributed by atoms with E-state index in [1.807, 2.05) is 37.3 Å². The summed E-state index contributed by atoms with van der Waals surface area (Å²) in [5.74, 6) is -0.537. The second-order valence-electron chi connectivity index (χ2n) is 6.80. The molecule has 0 fully saturated rings. The normalized spacial score (nSPS) is 10.0. The number of anilines is 2. The zero-order valence-electron chi connectivity index (χ0n) is 16.6. The Balaban J connectivity index is 1.58. The van der Waals surface area contributed by atoms with Gasteiger partial charge in [0.2, 0.25) is 5.91 Å². The molecule has 3 rings (SSSR count). The Kier molecular flexibility index (Phi) is 6.80. The van der Waals surface area contributed by atoms with Crippen LogP contribution in [0.25, 0.3) is 0 Å². The number of hydrogen-bond donors (Lipinski definition) is 3. The molecule has 0 aromatic heterocycles. The minimum atomic E-state index is -0.279. The molecule has 6 nitrogen and oxygen atoms in total. The first-order chi connectivity index (χ1) is 14.5. The van der Waals surface area contributed by atoms with E-state index in [1.165, 1.54) is 0 Å². The third-order valence-corrected chi connectivity index (χ3v) is 4.49. The summed E-state index contributed by atoms with van der Waals surface area (Å²) in [4.78, 5) is 25.0. The average Bonchev–Trinajstić information content (AvgIpc) is 2.78. The smallest absolute Gasteiger partial charge is 0.253 e. The maximum Gasteiger partial charge on any atom is 0.253 e. The number of amides is 2. The van der Waals surface area contributed by atoms with Gasteiger partial charge in [-0.25, -0.2) is 0 Å². The van der Waals surface area contributed by atoms with Crippen molar-refractivity contribution in [1.82, 2.24) is 5.32 Å². The zero-order valence-corrected chi connectivity index (χ0v) is 16.6. The molecule has 0 saturated heterocycles. The van der Waals surface area contributed by atoms with Crippen LogP contribution in [0.3, 0.4) is 0 Å². The lowest BCUT2D eigenvalue weighted by Gasteiger charge is -2.12. The first-order valence-corrected chi connectivity index (χ1v) is 9.52. The Labute approximate surface area is 175 Å². The van der Waals surface area contributed by atoms with E-state index < -0.39 is 0 Å². The van der Waals surface area contributed by atoms with E-state index in [2.05, 4.69) is 16.0 Å². The molecule has 3 N–H and O–H groups in total. The van der Waals surface area contributed by atoms with Gasteiger partial charge in [0.1, 0.15) is 0 Å². The minimum absolute atomic E-state index is 0.0330. The monoisotopic (exact) mass is 398 g/mol. The van der Waals surface area contributed by atoms with Crippen LogP contribution < -0.4 is 16.0 Å². The maximum atomic E-state index is 12.6. The Morgan fingerprint density at radius 3 is 2.33 bits per heavy atom. The van der Waals surface area contributed by atoms with Crippen LogP contribution >= 0.6 is 0 Å². The van der Waals surface area contributed by atoms with Crippen LogP contribution in [0.4, 0.5) is 11.4 Å². The largest absolute Gasteiger partial charge is 0.376 e. The summed E-state index contributed by atoms with van der Waals surface area (Å²) < 4.78 is 0. The third kappa shape index (κ3) is 5.69. The summed E-state index contributed by atoms with van der Waals surface area (Å²) in [6, 6.07) is 23.7. The number of rotatable bonds is 7. The fourth-order valence-electron chi connectivity index (χ4n) is 2.81. The van der Waals surface area contributed by atoms with Crippen molar-refractivity contribution in [2.75, 3.05) is 17.2 Å². The van der Waals surface area contributed by atoms with Crippen molar-refractivity contribution in [1.29, 1.82) is 5.26 Å². The standard InChI is InChI=1S/C24H22N4O2/c1-17-6-8-19(9-7-17)15-27-24(30)21-4-2-3-5-22(21)28-23(29)16-26-20-12-10-18(14-25)11-13-20/h2-13,26H,15-16H2,1H3,(H,27,30)(H,28,29). The maximum absolute atomic E-state index is 12.6. The van der Waals surface area contributed by atoms with Crippen molar-refractivity contribution < 1.29 is 9.59 Å².